The molecular weight excluding hydrogens is 317 g/mol. The Hall–Kier alpha value is -1.37. The fraction of sp³-hybridized carbons (Fsp3) is 0.462. The Labute approximate surface area is 133 Å². The third kappa shape index (κ3) is 5.15. The quantitative estimate of drug-likeness (QED) is 0.652. The number of non-ortho nitro benzene ring substituents is 1. The van der Waals surface area contributed by atoms with Crippen molar-refractivity contribution in [2.45, 2.75) is 25.3 Å². The van der Waals surface area contributed by atoms with Crippen LogP contribution in [0, 0.1) is 10.1 Å². The van der Waals surface area contributed by atoms with E-state index in [9.17, 15) is 14.9 Å². The number of nitro benzene ring substituents is 1. The van der Waals surface area contributed by atoms with Gasteiger partial charge in [-0.15, -0.1) is 12.4 Å². The van der Waals surface area contributed by atoms with Crippen LogP contribution in [0.15, 0.2) is 18.2 Å². The predicted molar refractivity (Wildman–Crippen MR) is 83.1 cm³/mol. The Morgan fingerprint density at radius 1 is 1.43 bits per heavy atom. The van der Waals surface area contributed by atoms with Crippen molar-refractivity contribution in [1.82, 2.24) is 10.6 Å². The summed E-state index contributed by atoms with van der Waals surface area (Å²) in [7, 11) is 0. The fourth-order valence-electron chi connectivity index (χ4n) is 2.21. The second-order valence-electron chi connectivity index (χ2n) is 4.80. The van der Waals surface area contributed by atoms with E-state index in [2.05, 4.69) is 10.6 Å². The molecule has 1 saturated heterocycles. The summed E-state index contributed by atoms with van der Waals surface area (Å²) in [5.74, 6) is -0.104. The van der Waals surface area contributed by atoms with Gasteiger partial charge in [-0.25, -0.2) is 0 Å². The SMILES string of the molecule is Cl.O=C(Cc1ccc([N+](=O)[O-])cc1Cl)NC1CCNCC1. The van der Waals surface area contributed by atoms with Crippen molar-refractivity contribution < 1.29 is 9.72 Å². The molecular formula is C13H17Cl2N3O3. The lowest BCUT2D eigenvalue weighted by molar-refractivity contribution is -0.384. The average molecular weight is 334 g/mol. The minimum Gasteiger partial charge on any atom is -0.353 e. The topological polar surface area (TPSA) is 84.3 Å². The number of carbonyl (C=O) groups excluding carboxylic acids is 1. The molecule has 0 atom stereocenters. The van der Waals surface area contributed by atoms with Gasteiger partial charge < -0.3 is 10.6 Å². The van der Waals surface area contributed by atoms with E-state index in [1.807, 2.05) is 0 Å². The first kappa shape index (κ1) is 17.7. The number of carbonyl (C=O) groups is 1. The van der Waals surface area contributed by atoms with Gasteiger partial charge in [0.15, 0.2) is 0 Å². The van der Waals surface area contributed by atoms with Gasteiger partial charge >= 0.3 is 0 Å². The Morgan fingerprint density at radius 3 is 2.67 bits per heavy atom. The Bertz CT molecular complexity index is 519. The minimum atomic E-state index is -0.509. The van der Waals surface area contributed by atoms with Crippen molar-refractivity contribution in [2.75, 3.05) is 13.1 Å². The first-order chi connectivity index (χ1) is 9.56. The van der Waals surface area contributed by atoms with Gasteiger partial charge in [0, 0.05) is 18.2 Å². The Kier molecular flexibility index (Phi) is 6.87. The van der Waals surface area contributed by atoms with Crippen LogP contribution in [0.1, 0.15) is 18.4 Å². The zero-order valence-electron chi connectivity index (χ0n) is 11.3. The molecule has 1 aromatic rings. The van der Waals surface area contributed by atoms with E-state index in [1.165, 1.54) is 18.2 Å². The smallest absolute Gasteiger partial charge is 0.270 e. The van der Waals surface area contributed by atoms with Crippen molar-refractivity contribution in [3.05, 3.63) is 38.9 Å². The molecule has 116 valence electrons. The van der Waals surface area contributed by atoms with Crippen LogP contribution in [0.3, 0.4) is 0 Å². The van der Waals surface area contributed by atoms with Crippen molar-refractivity contribution in [1.29, 1.82) is 0 Å². The molecule has 1 heterocycles. The Balaban J connectivity index is 0.00000220. The van der Waals surface area contributed by atoms with Gasteiger partial charge in [-0.1, -0.05) is 17.7 Å². The number of halogens is 2. The molecule has 0 aromatic heterocycles. The highest BCUT2D eigenvalue weighted by molar-refractivity contribution is 6.31. The first-order valence-electron chi connectivity index (χ1n) is 6.49. The molecule has 8 heteroatoms. The van der Waals surface area contributed by atoms with Crippen LogP contribution in [-0.2, 0) is 11.2 Å². The molecule has 0 spiro atoms. The molecule has 0 radical (unpaired) electrons. The van der Waals surface area contributed by atoms with Crippen molar-refractivity contribution in [3.8, 4) is 0 Å². The van der Waals surface area contributed by atoms with E-state index in [-0.39, 0.29) is 41.5 Å². The van der Waals surface area contributed by atoms with E-state index in [0.29, 0.717) is 5.56 Å². The predicted octanol–water partition coefficient (Wildman–Crippen LogP) is 2.08. The zero-order chi connectivity index (χ0) is 14.5. The van der Waals surface area contributed by atoms with Crippen LogP contribution in [0.2, 0.25) is 5.02 Å². The van der Waals surface area contributed by atoms with Crippen LogP contribution >= 0.6 is 24.0 Å². The van der Waals surface area contributed by atoms with Gasteiger partial charge in [0.2, 0.25) is 5.91 Å². The molecule has 2 rings (SSSR count). The van der Waals surface area contributed by atoms with E-state index >= 15 is 0 Å². The summed E-state index contributed by atoms with van der Waals surface area (Å²) in [6, 6.07) is 4.36. The van der Waals surface area contributed by atoms with Crippen molar-refractivity contribution in [2.24, 2.45) is 0 Å². The lowest BCUT2D eigenvalue weighted by Crippen LogP contribution is -2.43. The fourth-order valence-corrected chi connectivity index (χ4v) is 2.45. The molecule has 21 heavy (non-hydrogen) atoms. The summed E-state index contributed by atoms with van der Waals surface area (Å²) in [5, 5.41) is 17.0. The number of nitrogens with zero attached hydrogens (tertiary/aromatic N) is 1. The molecule has 0 saturated carbocycles. The molecule has 0 bridgehead atoms. The van der Waals surface area contributed by atoms with Gasteiger partial charge in [-0.3, -0.25) is 14.9 Å². The second-order valence-corrected chi connectivity index (χ2v) is 5.21. The van der Waals surface area contributed by atoms with Crippen LogP contribution < -0.4 is 10.6 Å². The van der Waals surface area contributed by atoms with Gasteiger partial charge in [0.25, 0.3) is 5.69 Å². The number of hydrogen-bond acceptors (Lipinski definition) is 4. The number of hydrogen-bond donors (Lipinski definition) is 2. The molecule has 1 amide bonds. The normalized spacial score (nSPS) is 15.1. The zero-order valence-corrected chi connectivity index (χ0v) is 12.9. The number of piperidine rings is 1. The van der Waals surface area contributed by atoms with Gasteiger partial charge in [-0.05, 0) is 31.5 Å². The van der Waals surface area contributed by atoms with Crippen LogP contribution in [0.25, 0.3) is 0 Å². The number of rotatable bonds is 4. The number of nitrogens with one attached hydrogen (secondary N) is 2. The molecule has 0 aliphatic carbocycles. The highest BCUT2D eigenvalue weighted by atomic mass is 35.5. The summed E-state index contributed by atoms with van der Waals surface area (Å²) < 4.78 is 0. The lowest BCUT2D eigenvalue weighted by atomic mass is 10.1. The van der Waals surface area contributed by atoms with E-state index in [1.54, 1.807) is 0 Å². The highest BCUT2D eigenvalue weighted by Crippen LogP contribution is 2.22. The number of benzene rings is 1. The summed E-state index contributed by atoms with van der Waals surface area (Å²) in [6.07, 6.45) is 1.97. The van der Waals surface area contributed by atoms with Crippen molar-refractivity contribution >= 4 is 35.6 Å². The van der Waals surface area contributed by atoms with E-state index < -0.39 is 4.92 Å². The average Bonchev–Trinajstić information content (AvgIpc) is 2.42. The van der Waals surface area contributed by atoms with Gasteiger partial charge in [0.1, 0.15) is 0 Å². The summed E-state index contributed by atoms with van der Waals surface area (Å²) in [4.78, 5) is 22.0. The molecule has 1 fully saturated rings. The third-order valence-electron chi connectivity index (χ3n) is 3.30. The molecule has 1 aromatic carbocycles. The molecule has 0 unspecified atom stereocenters. The molecule has 6 nitrogen and oxygen atoms in total. The number of amides is 1. The maximum atomic E-state index is 11.9. The minimum absolute atomic E-state index is 0. The van der Waals surface area contributed by atoms with E-state index in [4.69, 9.17) is 11.6 Å². The second kappa shape index (κ2) is 8.17. The highest BCUT2D eigenvalue weighted by Gasteiger charge is 2.17. The summed E-state index contributed by atoms with van der Waals surface area (Å²) in [5.41, 5.74) is 0.529. The van der Waals surface area contributed by atoms with Crippen molar-refractivity contribution in [3.63, 3.8) is 0 Å². The third-order valence-corrected chi connectivity index (χ3v) is 3.65. The largest absolute Gasteiger partial charge is 0.353 e. The van der Waals surface area contributed by atoms with Crippen LogP contribution in [0.4, 0.5) is 5.69 Å². The maximum absolute atomic E-state index is 11.9. The van der Waals surface area contributed by atoms with E-state index in [0.717, 1.165) is 25.9 Å². The maximum Gasteiger partial charge on any atom is 0.270 e. The lowest BCUT2D eigenvalue weighted by Gasteiger charge is -2.23. The molecule has 1 aliphatic rings. The molecule has 2 N–H and O–H groups in total. The Morgan fingerprint density at radius 2 is 2.10 bits per heavy atom. The monoisotopic (exact) mass is 333 g/mol. The number of nitro groups is 1. The van der Waals surface area contributed by atoms with Gasteiger partial charge in [0.05, 0.1) is 16.4 Å². The van der Waals surface area contributed by atoms with Gasteiger partial charge in [-0.2, -0.15) is 0 Å². The first-order valence-corrected chi connectivity index (χ1v) is 6.87. The van der Waals surface area contributed by atoms with Crippen LogP contribution in [-0.4, -0.2) is 30.0 Å². The molecule has 1 aliphatic heterocycles. The summed E-state index contributed by atoms with van der Waals surface area (Å²) in [6.45, 7) is 1.81. The standard InChI is InChI=1S/C13H16ClN3O3.ClH/c14-12-8-11(17(19)20)2-1-9(12)7-13(18)16-10-3-5-15-6-4-10;/h1-2,8,10,15H,3-7H2,(H,16,18);1H. The summed E-state index contributed by atoms with van der Waals surface area (Å²) >= 11 is 5.97. The van der Waals surface area contributed by atoms with Crippen LogP contribution in [0.5, 0.6) is 0 Å².